The maximum atomic E-state index is 11.6. The van der Waals surface area contributed by atoms with E-state index in [0.29, 0.717) is 0 Å². The van der Waals surface area contributed by atoms with E-state index in [1.807, 2.05) is 0 Å². The Morgan fingerprint density at radius 2 is 1.62 bits per heavy atom. The molecule has 0 saturated carbocycles. The van der Waals surface area contributed by atoms with Crippen LogP contribution in [-0.4, -0.2) is 125 Å². The van der Waals surface area contributed by atoms with E-state index in [4.69, 9.17) is 28.6 Å². The Hall–Kier alpha value is -1.51. The van der Waals surface area contributed by atoms with Gasteiger partial charge in [0.2, 0.25) is 5.91 Å². The molecule has 186 valence electrons. The van der Waals surface area contributed by atoms with Crippen molar-refractivity contribution < 1.29 is 71.2 Å². The van der Waals surface area contributed by atoms with Crippen LogP contribution in [0.5, 0.6) is 0 Å². The molecule has 17 heteroatoms. The third-order valence-corrected chi connectivity index (χ3v) is 5.20. The number of nitrogens with one attached hydrogen (secondary N) is 1. The molecular weight excluding hydrogens is 466 g/mol. The van der Waals surface area contributed by atoms with Crippen molar-refractivity contribution in [3.8, 4) is 0 Å². The van der Waals surface area contributed by atoms with Gasteiger partial charge in [-0.05, 0) is 0 Å². The van der Waals surface area contributed by atoms with Crippen LogP contribution in [0.15, 0.2) is 0 Å². The number of ether oxygens (including phenoxy) is 4. The molecule has 32 heavy (non-hydrogen) atoms. The van der Waals surface area contributed by atoms with Gasteiger partial charge in [-0.1, -0.05) is 0 Å². The van der Waals surface area contributed by atoms with Gasteiger partial charge < -0.3 is 49.8 Å². The summed E-state index contributed by atoms with van der Waals surface area (Å²) in [6.07, 6.45) is -16.3. The lowest BCUT2D eigenvalue weighted by Crippen LogP contribution is -2.68. The van der Waals surface area contributed by atoms with Gasteiger partial charge in [0.15, 0.2) is 18.7 Å². The lowest BCUT2D eigenvalue weighted by atomic mass is 9.95. The minimum Gasteiger partial charge on any atom is -0.479 e. The van der Waals surface area contributed by atoms with Crippen molar-refractivity contribution >= 4 is 22.3 Å². The largest absolute Gasteiger partial charge is 0.479 e. The second-order valence-corrected chi connectivity index (χ2v) is 8.13. The smallest absolute Gasteiger partial charge is 0.397 e. The summed E-state index contributed by atoms with van der Waals surface area (Å²) in [6, 6.07) is -1.31. The van der Waals surface area contributed by atoms with E-state index in [-0.39, 0.29) is 0 Å². The maximum Gasteiger partial charge on any atom is 0.397 e. The Morgan fingerprint density at radius 3 is 2.12 bits per heavy atom. The molecule has 0 radical (unpaired) electrons. The summed E-state index contributed by atoms with van der Waals surface area (Å²) in [5.74, 6) is -2.32. The summed E-state index contributed by atoms with van der Waals surface area (Å²) >= 11 is 0. The van der Waals surface area contributed by atoms with Crippen LogP contribution in [0, 0.1) is 0 Å². The fourth-order valence-electron chi connectivity index (χ4n) is 3.28. The highest BCUT2D eigenvalue weighted by atomic mass is 32.3. The minimum absolute atomic E-state index is 0.641. The fraction of sp³-hybridized carbons (Fsp3) is 0.867. The third-order valence-electron chi connectivity index (χ3n) is 4.76. The van der Waals surface area contributed by atoms with Gasteiger partial charge in [0.05, 0.1) is 6.61 Å². The van der Waals surface area contributed by atoms with Gasteiger partial charge in [-0.2, -0.15) is 8.42 Å². The molecule has 0 spiro atoms. The monoisotopic (exact) mass is 491 g/mol. The first-order valence-electron chi connectivity index (χ1n) is 9.10. The van der Waals surface area contributed by atoms with Gasteiger partial charge in [-0.15, -0.1) is 0 Å². The van der Waals surface area contributed by atoms with Crippen LogP contribution in [0.4, 0.5) is 0 Å². The van der Waals surface area contributed by atoms with Crippen molar-refractivity contribution in [1.29, 1.82) is 0 Å². The Labute approximate surface area is 181 Å². The molecule has 2 rings (SSSR count). The Morgan fingerprint density at radius 1 is 1.00 bits per heavy atom. The van der Waals surface area contributed by atoms with Crippen molar-refractivity contribution in [1.82, 2.24) is 5.32 Å². The van der Waals surface area contributed by atoms with Crippen LogP contribution < -0.4 is 5.32 Å². The molecule has 16 nitrogen and oxygen atoms in total. The lowest BCUT2D eigenvalue weighted by Gasteiger charge is -2.46. The molecule has 2 fully saturated rings. The molecular formula is C15H25NO15S. The van der Waals surface area contributed by atoms with Crippen molar-refractivity contribution in [2.45, 2.75) is 68.3 Å². The highest BCUT2D eigenvalue weighted by Gasteiger charge is 2.53. The number of carbonyl (C=O) groups excluding carboxylic acids is 1. The van der Waals surface area contributed by atoms with E-state index >= 15 is 0 Å². The molecule has 0 unspecified atom stereocenters. The zero-order valence-electron chi connectivity index (χ0n) is 16.7. The predicted molar refractivity (Wildman–Crippen MR) is 96.0 cm³/mol. The van der Waals surface area contributed by atoms with Crippen LogP contribution in [0.1, 0.15) is 6.92 Å². The molecule has 7 N–H and O–H groups in total. The molecule has 0 aromatic carbocycles. The van der Waals surface area contributed by atoms with E-state index in [1.54, 1.807) is 0 Å². The highest BCUT2D eigenvalue weighted by molar-refractivity contribution is 7.80. The second-order valence-electron chi connectivity index (χ2n) is 7.04. The standard InChI is InChI=1S/C15H25NO15S/c1-4(17)16-6-11(7(18)5(29-14(6)27-2)3-28-32(24,25)26)30-15-10(21)8(19)9(20)12(31-15)13(22)23/h5-12,14-15,18-21H,3H2,1-2H3,(H,16,17)(H,22,23)(H,24,25,26)/t5-,6-,7-,8+,9+,10-,11-,12+,14+,15-/m1/s1. The molecule has 0 aromatic heterocycles. The Kier molecular flexibility index (Phi) is 8.87. The number of aliphatic hydroxyl groups excluding tert-OH is 4. The quantitative estimate of drug-likeness (QED) is 0.158. The highest BCUT2D eigenvalue weighted by Crippen LogP contribution is 2.30. The summed E-state index contributed by atoms with van der Waals surface area (Å²) in [6.45, 7) is 0.190. The Bertz CT molecular complexity index is 777. The number of carboxylic acids is 1. The number of aliphatic carboxylic acids is 1. The SMILES string of the molecule is CO[C@H]1O[C@H](COS(=O)(=O)O)[C@@H](O)[C@H](O[C@@H]2O[C@H](C(=O)O)[C@@H](O)[C@H](O)[C@H]2O)[C@H]1NC(C)=O. The third kappa shape index (κ3) is 6.29. The molecule has 2 aliphatic rings. The lowest BCUT2D eigenvalue weighted by molar-refractivity contribution is -0.338. The van der Waals surface area contributed by atoms with Gasteiger partial charge >= 0.3 is 16.4 Å². The van der Waals surface area contributed by atoms with E-state index in [2.05, 4.69) is 9.50 Å². The van der Waals surface area contributed by atoms with Gasteiger partial charge in [0, 0.05) is 14.0 Å². The van der Waals surface area contributed by atoms with E-state index in [1.165, 1.54) is 0 Å². The van der Waals surface area contributed by atoms with Crippen molar-refractivity contribution in [3.05, 3.63) is 0 Å². The average molecular weight is 491 g/mol. The average Bonchev–Trinajstić information content (AvgIpc) is 2.68. The topological polar surface area (TPSA) is 248 Å². The molecule has 1 amide bonds. The van der Waals surface area contributed by atoms with Gasteiger partial charge in [-0.25, -0.2) is 8.98 Å². The summed E-state index contributed by atoms with van der Waals surface area (Å²) in [4.78, 5) is 22.9. The summed E-state index contributed by atoms with van der Waals surface area (Å²) in [5, 5.41) is 52.1. The number of hydrogen-bond acceptors (Lipinski definition) is 13. The zero-order chi connectivity index (χ0) is 24.4. The van der Waals surface area contributed by atoms with Crippen molar-refractivity contribution in [3.63, 3.8) is 0 Å². The molecule has 10 atom stereocenters. The first kappa shape index (κ1) is 26.7. The van der Waals surface area contributed by atoms with Crippen LogP contribution in [0.3, 0.4) is 0 Å². The molecule has 2 saturated heterocycles. The van der Waals surface area contributed by atoms with Crippen molar-refractivity contribution in [2.24, 2.45) is 0 Å². The van der Waals surface area contributed by atoms with Gasteiger partial charge in [0.25, 0.3) is 0 Å². The number of carbonyl (C=O) groups is 2. The number of hydrogen-bond donors (Lipinski definition) is 7. The van der Waals surface area contributed by atoms with Gasteiger partial charge in [-0.3, -0.25) is 9.35 Å². The normalized spacial score (nSPS) is 40.6. The Balaban J connectivity index is 2.32. The zero-order valence-corrected chi connectivity index (χ0v) is 17.6. The van der Waals surface area contributed by atoms with Crippen LogP contribution in [-0.2, 0) is 43.1 Å². The van der Waals surface area contributed by atoms with Gasteiger partial charge in [0.1, 0.15) is 42.7 Å². The molecule has 2 aliphatic heterocycles. The fourth-order valence-corrected chi connectivity index (χ4v) is 3.58. The molecule has 0 aliphatic carbocycles. The predicted octanol–water partition coefficient (Wildman–Crippen LogP) is -4.68. The summed E-state index contributed by atoms with van der Waals surface area (Å²) in [7, 11) is -3.78. The molecule has 0 aromatic rings. The van der Waals surface area contributed by atoms with Crippen LogP contribution in [0.2, 0.25) is 0 Å². The van der Waals surface area contributed by atoms with Crippen molar-refractivity contribution in [2.75, 3.05) is 13.7 Å². The first-order valence-corrected chi connectivity index (χ1v) is 10.5. The first-order chi connectivity index (χ1) is 14.8. The molecule has 2 heterocycles. The van der Waals surface area contributed by atoms with Crippen LogP contribution >= 0.6 is 0 Å². The number of methoxy groups -OCH3 is 1. The van der Waals surface area contributed by atoms with E-state index in [0.717, 1.165) is 14.0 Å². The molecule has 0 bridgehead atoms. The number of rotatable bonds is 8. The number of amides is 1. The number of carboxylic acid groups (broad SMARTS) is 1. The summed E-state index contributed by atoms with van der Waals surface area (Å²) in [5.41, 5.74) is 0. The minimum atomic E-state index is -4.92. The van der Waals surface area contributed by atoms with Crippen LogP contribution in [0.25, 0.3) is 0 Å². The van der Waals surface area contributed by atoms with E-state index < -0.39 is 90.2 Å². The van der Waals surface area contributed by atoms with E-state index in [9.17, 15) is 38.4 Å². The number of aliphatic hydroxyl groups is 4. The maximum absolute atomic E-state index is 11.6. The second kappa shape index (κ2) is 10.6. The summed E-state index contributed by atoms with van der Waals surface area (Å²) < 4.78 is 55.6.